The summed E-state index contributed by atoms with van der Waals surface area (Å²) >= 11 is 0. The van der Waals surface area contributed by atoms with E-state index in [1.54, 1.807) is 0 Å². The molecule has 1 aliphatic rings. The molecule has 0 saturated carbocycles. The molecule has 3 rings (SSSR count). The molecule has 1 amide bonds. The molecule has 0 aromatic carbocycles. The van der Waals surface area contributed by atoms with Gasteiger partial charge in [0.1, 0.15) is 11.9 Å². The van der Waals surface area contributed by atoms with E-state index < -0.39 is 5.54 Å². The summed E-state index contributed by atoms with van der Waals surface area (Å²) in [6, 6.07) is 3.95. The minimum atomic E-state index is -0.557. The molecule has 6 nitrogen and oxygen atoms in total. The summed E-state index contributed by atoms with van der Waals surface area (Å²) in [5, 5.41) is 6.59. The Kier molecular flexibility index (Phi) is 5.34. The fourth-order valence-corrected chi connectivity index (χ4v) is 3.76. The van der Waals surface area contributed by atoms with E-state index in [2.05, 4.69) is 51.8 Å². The van der Waals surface area contributed by atoms with Gasteiger partial charge in [-0.25, -0.2) is 4.98 Å². The lowest BCUT2D eigenvalue weighted by Crippen LogP contribution is -2.60. The summed E-state index contributed by atoms with van der Waals surface area (Å²) in [6.45, 7) is 14.0. The molecule has 2 N–H and O–H groups in total. The third-order valence-electron chi connectivity index (χ3n) is 5.03. The van der Waals surface area contributed by atoms with Crippen LogP contribution in [0.4, 0.5) is 0 Å². The third kappa shape index (κ3) is 3.76. The maximum Gasteiger partial charge on any atom is 0.239 e. The van der Waals surface area contributed by atoms with Gasteiger partial charge in [-0.15, -0.1) is 0 Å². The molecule has 0 bridgehead atoms. The number of carbonyl (C=O) groups is 1. The van der Waals surface area contributed by atoms with Crippen molar-refractivity contribution in [2.75, 3.05) is 26.2 Å². The molecule has 2 aromatic heterocycles. The van der Waals surface area contributed by atoms with Crippen molar-refractivity contribution in [1.29, 1.82) is 0 Å². The largest absolute Gasteiger partial charge is 0.343 e. The number of hydrogen-bond donors (Lipinski definition) is 2. The van der Waals surface area contributed by atoms with Gasteiger partial charge in [0.05, 0.1) is 17.3 Å². The van der Waals surface area contributed by atoms with Gasteiger partial charge in [0.25, 0.3) is 0 Å². The highest BCUT2D eigenvalue weighted by Gasteiger charge is 2.34. The molecule has 0 aliphatic carbocycles. The highest BCUT2D eigenvalue weighted by molar-refractivity contribution is 5.83. The smallest absolute Gasteiger partial charge is 0.239 e. The van der Waals surface area contributed by atoms with Crippen molar-refractivity contribution < 1.29 is 4.79 Å². The number of hydrogen-bond acceptors (Lipinski definition) is 4. The Balaban J connectivity index is 1.81. The predicted octanol–water partition coefficient (Wildman–Crippen LogP) is 1.92. The number of aryl methyl sites for hydroxylation is 1. The van der Waals surface area contributed by atoms with Crippen molar-refractivity contribution in [3.63, 3.8) is 0 Å². The summed E-state index contributed by atoms with van der Waals surface area (Å²) < 4.78 is 2.07. The van der Waals surface area contributed by atoms with E-state index in [1.807, 2.05) is 32.3 Å². The number of imidazole rings is 1. The second-order valence-electron chi connectivity index (χ2n) is 8.25. The Labute approximate surface area is 156 Å². The van der Waals surface area contributed by atoms with Crippen LogP contribution in [0.3, 0.4) is 0 Å². The zero-order valence-electron chi connectivity index (χ0n) is 16.5. The van der Waals surface area contributed by atoms with Crippen LogP contribution in [0.15, 0.2) is 24.5 Å². The van der Waals surface area contributed by atoms with E-state index in [4.69, 9.17) is 0 Å². The lowest BCUT2D eigenvalue weighted by Gasteiger charge is -2.38. The number of carbonyl (C=O) groups excluding carboxylic acids is 1. The third-order valence-corrected chi connectivity index (χ3v) is 5.03. The van der Waals surface area contributed by atoms with Crippen LogP contribution in [0.1, 0.15) is 39.1 Å². The lowest BCUT2D eigenvalue weighted by atomic mass is 10.0. The van der Waals surface area contributed by atoms with Gasteiger partial charge in [0.2, 0.25) is 5.91 Å². The quantitative estimate of drug-likeness (QED) is 0.858. The minimum Gasteiger partial charge on any atom is -0.343 e. The molecule has 3 heterocycles. The summed E-state index contributed by atoms with van der Waals surface area (Å²) in [5.41, 5.74) is 1.69. The molecule has 1 aliphatic heterocycles. The van der Waals surface area contributed by atoms with Crippen molar-refractivity contribution in [3.8, 4) is 0 Å². The zero-order valence-corrected chi connectivity index (χ0v) is 16.5. The second-order valence-corrected chi connectivity index (χ2v) is 8.25. The Morgan fingerprint density at radius 1 is 1.46 bits per heavy atom. The second kappa shape index (κ2) is 7.37. The van der Waals surface area contributed by atoms with Crippen molar-refractivity contribution in [3.05, 3.63) is 35.9 Å². The fraction of sp³-hybridized carbons (Fsp3) is 0.600. The van der Waals surface area contributed by atoms with Crippen LogP contribution in [0.2, 0.25) is 0 Å². The molecule has 6 heteroatoms. The maximum absolute atomic E-state index is 13.1. The number of nitrogens with zero attached hydrogens (tertiary/aromatic N) is 3. The van der Waals surface area contributed by atoms with Crippen LogP contribution in [-0.4, -0.2) is 52.4 Å². The van der Waals surface area contributed by atoms with Gasteiger partial charge in [-0.05, 0) is 38.3 Å². The van der Waals surface area contributed by atoms with Crippen LogP contribution in [0.25, 0.3) is 5.52 Å². The highest BCUT2D eigenvalue weighted by Crippen LogP contribution is 2.22. The average Bonchev–Trinajstić information content (AvgIpc) is 3.00. The van der Waals surface area contributed by atoms with Gasteiger partial charge in [0.15, 0.2) is 0 Å². The van der Waals surface area contributed by atoms with E-state index in [0.29, 0.717) is 12.5 Å². The van der Waals surface area contributed by atoms with Gasteiger partial charge < -0.3 is 15.0 Å². The van der Waals surface area contributed by atoms with Gasteiger partial charge in [-0.2, -0.15) is 0 Å². The first-order chi connectivity index (χ1) is 12.3. The molecule has 0 radical (unpaired) electrons. The van der Waals surface area contributed by atoms with Crippen LogP contribution < -0.4 is 10.6 Å². The summed E-state index contributed by atoms with van der Waals surface area (Å²) in [4.78, 5) is 20.0. The van der Waals surface area contributed by atoms with Gasteiger partial charge >= 0.3 is 0 Å². The molecular weight excluding hydrogens is 326 g/mol. The number of aromatic nitrogens is 2. The van der Waals surface area contributed by atoms with E-state index >= 15 is 0 Å². The highest BCUT2D eigenvalue weighted by atomic mass is 16.2. The molecule has 142 valence electrons. The number of pyridine rings is 1. The van der Waals surface area contributed by atoms with Crippen LogP contribution >= 0.6 is 0 Å². The summed E-state index contributed by atoms with van der Waals surface area (Å²) in [7, 11) is 0. The molecular formula is C20H31N5O. The monoisotopic (exact) mass is 357 g/mol. The first kappa shape index (κ1) is 18.9. The number of fused-ring (bicyclic) bond motifs is 1. The SMILES string of the molecule is Cc1cccn2c(C(C)(C)NC(=O)[C@@H]3CNCCN3CC(C)C)ncc12. The first-order valence-corrected chi connectivity index (χ1v) is 9.49. The molecule has 1 atom stereocenters. The topological polar surface area (TPSA) is 61.7 Å². The molecule has 26 heavy (non-hydrogen) atoms. The van der Waals surface area contributed by atoms with E-state index in [9.17, 15) is 4.79 Å². The normalized spacial score (nSPS) is 19.2. The van der Waals surface area contributed by atoms with Gasteiger partial charge in [-0.1, -0.05) is 19.9 Å². The van der Waals surface area contributed by atoms with E-state index in [1.165, 1.54) is 5.56 Å². The molecule has 1 fully saturated rings. The first-order valence-electron chi connectivity index (χ1n) is 9.49. The molecule has 2 aromatic rings. The summed E-state index contributed by atoms with van der Waals surface area (Å²) in [5.74, 6) is 1.45. The average molecular weight is 358 g/mol. The van der Waals surface area contributed by atoms with Gasteiger partial charge in [-0.3, -0.25) is 9.69 Å². The standard InChI is InChI=1S/C20H31N5O/c1-14(2)13-24-10-8-21-11-17(24)18(26)23-20(4,5)19-22-12-16-15(3)7-6-9-25(16)19/h6-7,9,12,14,17,21H,8,10-11,13H2,1-5H3,(H,23,26)/t17-/m0/s1. The van der Waals surface area contributed by atoms with Crippen LogP contribution in [0, 0.1) is 12.8 Å². The Morgan fingerprint density at radius 3 is 2.96 bits per heavy atom. The van der Waals surface area contributed by atoms with Crippen molar-refractivity contribution in [2.24, 2.45) is 5.92 Å². The number of nitrogens with one attached hydrogen (secondary N) is 2. The van der Waals surface area contributed by atoms with Gasteiger partial charge in [0, 0.05) is 32.4 Å². The number of piperazine rings is 1. The Bertz CT molecular complexity index is 780. The van der Waals surface area contributed by atoms with Crippen LogP contribution in [-0.2, 0) is 10.3 Å². The van der Waals surface area contributed by atoms with Crippen molar-refractivity contribution in [1.82, 2.24) is 24.9 Å². The number of amides is 1. The number of rotatable bonds is 5. The van der Waals surface area contributed by atoms with Crippen molar-refractivity contribution in [2.45, 2.75) is 46.2 Å². The maximum atomic E-state index is 13.1. The van der Waals surface area contributed by atoms with E-state index in [0.717, 1.165) is 31.0 Å². The molecule has 0 spiro atoms. The van der Waals surface area contributed by atoms with E-state index in [-0.39, 0.29) is 11.9 Å². The fourth-order valence-electron chi connectivity index (χ4n) is 3.76. The Morgan fingerprint density at radius 2 is 2.23 bits per heavy atom. The Hall–Kier alpha value is -1.92. The van der Waals surface area contributed by atoms with Crippen molar-refractivity contribution >= 4 is 11.4 Å². The molecule has 1 saturated heterocycles. The molecule has 0 unspecified atom stereocenters. The predicted molar refractivity (Wildman–Crippen MR) is 104 cm³/mol. The zero-order chi connectivity index (χ0) is 18.9. The van der Waals surface area contributed by atoms with Crippen LogP contribution in [0.5, 0.6) is 0 Å². The minimum absolute atomic E-state index is 0.0623. The lowest BCUT2D eigenvalue weighted by molar-refractivity contribution is -0.129. The summed E-state index contributed by atoms with van der Waals surface area (Å²) in [6.07, 6.45) is 3.89.